The van der Waals surface area contributed by atoms with Crippen LogP contribution in [0.1, 0.15) is 21.5 Å². The van der Waals surface area contributed by atoms with Crippen LogP contribution < -0.4 is 0 Å². The Morgan fingerprint density at radius 3 is 2.84 bits per heavy atom. The number of nitrogens with zero attached hydrogens (tertiary/aromatic N) is 1. The fraction of sp³-hybridized carbons (Fsp3) is 0.133. The first-order valence-corrected chi connectivity index (χ1v) is 6.78. The third-order valence-electron chi connectivity index (χ3n) is 3.23. The third-order valence-corrected chi connectivity index (χ3v) is 3.73. The van der Waals surface area contributed by atoms with E-state index >= 15 is 0 Å². The first kappa shape index (κ1) is 12.2. The van der Waals surface area contributed by atoms with Crippen LogP contribution in [0.2, 0.25) is 0 Å². The maximum Gasteiger partial charge on any atom is 0.254 e. The van der Waals surface area contributed by atoms with Gasteiger partial charge in [0.15, 0.2) is 0 Å². The van der Waals surface area contributed by atoms with Crippen LogP contribution in [0, 0.1) is 0 Å². The minimum atomic E-state index is 0.0413. The predicted octanol–water partition coefficient (Wildman–Crippen LogP) is 3.31. The van der Waals surface area contributed by atoms with E-state index in [9.17, 15) is 9.90 Å². The predicted molar refractivity (Wildman–Crippen MR) is 75.8 cm³/mol. The summed E-state index contributed by atoms with van der Waals surface area (Å²) in [4.78, 5) is 14.1. The highest BCUT2D eigenvalue weighted by Gasteiger charge is 2.27. The summed E-state index contributed by atoms with van der Waals surface area (Å²) in [5, 5.41) is 9.45. The van der Waals surface area contributed by atoms with Gasteiger partial charge in [0, 0.05) is 23.1 Å². The van der Waals surface area contributed by atoms with Gasteiger partial charge in [-0.15, -0.1) is 0 Å². The Hall–Kier alpha value is -1.81. The van der Waals surface area contributed by atoms with E-state index in [2.05, 4.69) is 15.9 Å². The Kier molecular flexibility index (Phi) is 3.03. The van der Waals surface area contributed by atoms with Crippen LogP contribution in [-0.4, -0.2) is 15.9 Å². The van der Waals surface area contributed by atoms with Crippen molar-refractivity contribution in [2.75, 3.05) is 0 Å². The lowest BCUT2D eigenvalue weighted by molar-refractivity contribution is 0.0766. The molecule has 0 bridgehead atoms. The molecule has 3 rings (SSSR count). The van der Waals surface area contributed by atoms with E-state index in [0.29, 0.717) is 13.1 Å². The fourth-order valence-electron chi connectivity index (χ4n) is 2.34. The van der Waals surface area contributed by atoms with Crippen molar-refractivity contribution in [3.05, 3.63) is 63.6 Å². The molecule has 0 radical (unpaired) electrons. The zero-order valence-electron chi connectivity index (χ0n) is 10.1. The Labute approximate surface area is 119 Å². The van der Waals surface area contributed by atoms with Crippen LogP contribution in [0.5, 0.6) is 5.75 Å². The third kappa shape index (κ3) is 2.36. The summed E-state index contributed by atoms with van der Waals surface area (Å²) in [6.45, 7) is 1.14. The summed E-state index contributed by atoms with van der Waals surface area (Å²) in [5.74, 6) is 0.268. The molecule has 0 saturated carbocycles. The summed E-state index contributed by atoms with van der Waals surface area (Å²) >= 11 is 3.38. The largest absolute Gasteiger partial charge is 0.508 e. The number of carbonyl (C=O) groups is 1. The van der Waals surface area contributed by atoms with E-state index < -0.39 is 0 Å². The van der Waals surface area contributed by atoms with Crippen LogP contribution in [-0.2, 0) is 13.1 Å². The summed E-state index contributed by atoms with van der Waals surface area (Å²) in [7, 11) is 0. The fourth-order valence-corrected chi connectivity index (χ4v) is 2.70. The molecule has 0 unspecified atom stereocenters. The quantitative estimate of drug-likeness (QED) is 0.923. The van der Waals surface area contributed by atoms with E-state index in [1.54, 1.807) is 23.1 Å². The number of phenolic OH excluding ortho intramolecular Hbond substituents is 1. The number of amides is 1. The number of aromatic hydroxyl groups is 1. The number of benzene rings is 2. The van der Waals surface area contributed by atoms with Gasteiger partial charge in [-0.3, -0.25) is 4.79 Å². The van der Waals surface area contributed by atoms with Crippen molar-refractivity contribution in [2.45, 2.75) is 13.1 Å². The Morgan fingerprint density at radius 1 is 1.21 bits per heavy atom. The van der Waals surface area contributed by atoms with Gasteiger partial charge < -0.3 is 10.0 Å². The number of phenols is 1. The highest BCUT2D eigenvalue weighted by Crippen LogP contribution is 2.27. The Morgan fingerprint density at radius 2 is 2.05 bits per heavy atom. The molecular formula is C15H12BrNO2. The molecule has 1 amide bonds. The van der Waals surface area contributed by atoms with Gasteiger partial charge in [-0.25, -0.2) is 0 Å². The average Bonchev–Trinajstić information content (AvgIpc) is 2.67. The molecule has 0 aromatic heterocycles. The molecular weight excluding hydrogens is 306 g/mol. The van der Waals surface area contributed by atoms with Gasteiger partial charge in [0.05, 0.1) is 0 Å². The van der Waals surface area contributed by atoms with Gasteiger partial charge >= 0.3 is 0 Å². The van der Waals surface area contributed by atoms with Crippen molar-refractivity contribution in [3.63, 3.8) is 0 Å². The second-order valence-corrected chi connectivity index (χ2v) is 5.55. The zero-order chi connectivity index (χ0) is 13.4. The molecule has 0 fully saturated rings. The number of halogens is 1. The molecule has 2 aromatic carbocycles. The number of carbonyl (C=O) groups excluding carboxylic acids is 1. The molecule has 3 nitrogen and oxygen atoms in total. The summed E-state index contributed by atoms with van der Waals surface area (Å²) < 4.78 is 0.916. The average molecular weight is 318 g/mol. The van der Waals surface area contributed by atoms with Gasteiger partial charge in [-0.2, -0.15) is 0 Å². The lowest BCUT2D eigenvalue weighted by Crippen LogP contribution is -2.23. The molecule has 0 spiro atoms. The van der Waals surface area contributed by atoms with E-state index in [1.165, 1.54) is 0 Å². The molecule has 96 valence electrons. The van der Waals surface area contributed by atoms with Gasteiger partial charge in [0.2, 0.25) is 0 Å². The standard InChI is InChI=1S/C15H12BrNO2/c16-12-5-4-11-9-17(15(19)14(11)7-12)8-10-2-1-3-13(18)6-10/h1-7,18H,8-9H2. The topological polar surface area (TPSA) is 40.5 Å². The molecule has 0 aliphatic carbocycles. The Bertz CT molecular complexity index is 654. The second-order valence-electron chi connectivity index (χ2n) is 4.63. The minimum Gasteiger partial charge on any atom is -0.508 e. The molecule has 2 aromatic rings. The SMILES string of the molecule is O=C1c2cc(Br)ccc2CN1Cc1cccc(O)c1. The monoisotopic (exact) mass is 317 g/mol. The van der Waals surface area contributed by atoms with Crippen LogP contribution in [0.4, 0.5) is 0 Å². The number of hydrogen-bond acceptors (Lipinski definition) is 2. The van der Waals surface area contributed by atoms with Gasteiger partial charge in [-0.1, -0.05) is 34.1 Å². The van der Waals surface area contributed by atoms with Gasteiger partial charge in [0.25, 0.3) is 5.91 Å². The van der Waals surface area contributed by atoms with Gasteiger partial charge in [0.1, 0.15) is 5.75 Å². The maximum absolute atomic E-state index is 12.3. The molecule has 1 aliphatic heterocycles. The van der Waals surface area contributed by atoms with Crippen molar-refractivity contribution in [1.29, 1.82) is 0 Å². The lowest BCUT2D eigenvalue weighted by atomic mass is 10.1. The van der Waals surface area contributed by atoms with E-state index in [-0.39, 0.29) is 11.7 Å². The van der Waals surface area contributed by atoms with Crippen LogP contribution in [0.3, 0.4) is 0 Å². The van der Waals surface area contributed by atoms with Crippen molar-refractivity contribution < 1.29 is 9.90 Å². The molecule has 0 saturated heterocycles. The minimum absolute atomic E-state index is 0.0413. The number of rotatable bonds is 2. The highest BCUT2D eigenvalue weighted by molar-refractivity contribution is 9.10. The highest BCUT2D eigenvalue weighted by atomic mass is 79.9. The first-order valence-electron chi connectivity index (χ1n) is 5.99. The second kappa shape index (κ2) is 4.70. The van der Waals surface area contributed by atoms with E-state index in [1.807, 2.05) is 24.3 Å². The zero-order valence-corrected chi connectivity index (χ0v) is 11.7. The summed E-state index contributed by atoms with van der Waals surface area (Å²) in [6.07, 6.45) is 0. The van der Waals surface area contributed by atoms with E-state index in [0.717, 1.165) is 21.2 Å². The van der Waals surface area contributed by atoms with Crippen molar-refractivity contribution in [1.82, 2.24) is 4.90 Å². The van der Waals surface area contributed by atoms with Crippen LogP contribution >= 0.6 is 15.9 Å². The molecule has 4 heteroatoms. The molecule has 1 N–H and O–H groups in total. The van der Waals surface area contributed by atoms with E-state index in [4.69, 9.17) is 0 Å². The van der Waals surface area contributed by atoms with Crippen molar-refractivity contribution >= 4 is 21.8 Å². The summed E-state index contributed by atoms with van der Waals surface area (Å²) in [6, 6.07) is 12.8. The smallest absolute Gasteiger partial charge is 0.254 e. The van der Waals surface area contributed by atoms with Crippen LogP contribution in [0.25, 0.3) is 0 Å². The molecule has 1 heterocycles. The molecule has 1 aliphatic rings. The van der Waals surface area contributed by atoms with Crippen molar-refractivity contribution in [2.24, 2.45) is 0 Å². The van der Waals surface area contributed by atoms with Crippen molar-refractivity contribution in [3.8, 4) is 5.75 Å². The van der Waals surface area contributed by atoms with Gasteiger partial charge in [-0.05, 0) is 35.4 Å². The number of hydrogen-bond donors (Lipinski definition) is 1. The maximum atomic E-state index is 12.3. The summed E-state index contributed by atoms with van der Waals surface area (Å²) in [5.41, 5.74) is 2.74. The Balaban J connectivity index is 1.84. The normalized spacial score (nSPS) is 13.7. The molecule has 0 atom stereocenters. The number of fused-ring (bicyclic) bond motifs is 1. The molecule has 19 heavy (non-hydrogen) atoms. The first-order chi connectivity index (χ1) is 9.13. The van der Waals surface area contributed by atoms with Crippen LogP contribution in [0.15, 0.2) is 46.9 Å². The lowest BCUT2D eigenvalue weighted by Gasteiger charge is -2.15.